The minimum Gasteiger partial charge on any atom is -0.497 e. The van der Waals surface area contributed by atoms with Gasteiger partial charge in [0.25, 0.3) is 5.91 Å². The van der Waals surface area contributed by atoms with Gasteiger partial charge in [-0.3, -0.25) is 4.79 Å². The Morgan fingerprint density at radius 3 is 2.56 bits per heavy atom. The molecule has 1 atom stereocenters. The minimum atomic E-state index is -2.95. The number of hydrogen-bond acceptors (Lipinski definition) is 6. The summed E-state index contributed by atoms with van der Waals surface area (Å²) in [6.07, 6.45) is 2.11. The number of rotatable bonds is 6. The number of carbonyl (C=O) groups excluding carboxylic acids is 1. The largest absolute Gasteiger partial charge is 0.497 e. The number of pyridine rings is 1. The molecule has 0 saturated carbocycles. The van der Waals surface area contributed by atoms with Gasteiger partial charge in [-0.2, -0.15) is 0 Å². The Kier molecular flexibility index (Phi) is 5.65. The van der Waals surface area contributed by atoms with Crippen LogP contribution in [0.15, 0.2) is 42.6 Å². The first-order valence-corrected chi connectivity index (χ1v) is 10.5. The summed E-state index contributed by atoms with van der Waals surface area (Å²) in [5.74, 6) is 1.58. The van der Waals surface area contributed by atoms with Crippen LogP contribution in [0.5, 0.6) is 5.75 Å². The number of ether oxygens (including phenoxy) is 1. The standard InChI is InChI=1S/C19H23N3O4S/c1-22(16-9-10-27(24,25)13-16)18-8-5-15(12-20-18)19(23)21-11-14-3-6-17(26-2)7-4-14/h3-8,12,16H,9-11,13H2,1-2H3,(H,21,23). The Labute approximate surface area is 159 Å². The summed E-state index contributed by atoms with van der Waals surface area (Å²) in [6, 6.07) is 10.8. The average molecular weight is 389 g/mol. The van der Waals surface area contributed by atoms with Crippen molar-refractivity contribution in [2.75, 3.05) is 30.6 Å². The van der Waals surface area contributed by atoms with Crippen LogP contribution in [0, 0.1) is 0 Å². The zero-order valence-electron chi connectivity index (χ0n) is 15.4. The molecule has 1 amide bonds. The quantitative estimate of drug-likeness (QED) is 0.808. The second kappa shape index (κ2) is 7.96. The van der Waals surface area contributed by atoms with E-state index in [0.29, 0.717) is 24.3 Å². The molecule has 1 aromatic carbocycles. The molecule has 1 unspecified atom stereocenters. The molecule has 1 saturated heterocycles. The molecular weight excluding hydrogens is 366 g/mol. The van der Waals surface area contributed by atoms with Crippen LogP contribution in [-0.2, 0) is 16.4 Å². The Morgan fingerprint density at radius 1 is 1.26 bits per heavy atom. The van der Waals surface area contributed by atoms with Crippen LogP contribution in [0.25, 0.3) is 0 Å². The summed E-state index contributed by atoms with van der Waals surface area (Å²) >= 11 is 0. The van der Waals surface area contributed by atoms with Crippen LogP contribution in [-0.4, -0.2) is 51.0 Å². The molecule has 1 N–H and O–H groups in total. The molecule has 1 aliphatic heterocycles. The molecule has 1 fully saturated rings. The summed E-state index contributed by atoms with van der Waals surface area (Å²) in [5.41, 5.74) is 1.43. The molecule has 2 heterocycles. The van der Waals surface area contributed by atoms with Gasteiger partial charge in [0, 0.05) is 25.8 Å². The predicted molar refractivity (Wildman–Crippen MR) is 104 cm³/mol. The van der Waals surface area contributed by atoms with Gasteiger partial charge in [-0.1, -0.05) is 12.1 Å². The van der Waals surface area contributed by atoms with Gasteiger partial charge in [-0.05, 0) is 36.2 Å². The third-order valence-electron chi connectivity index (χ3n) is 4.74. The number of aromatic nitrogens is 1. The van der Waals surface area contributed by atoms with Crippen molar-refractivity contribution in [2.24, 2.45) is 0 Å². The van der Waals surface area contributed by atoms with Crippen LogP contribution < -0.4 is 15.0 Å². The first-order chi connectivity index (χ1) is 12.9. The first kappa shape index (κ1) is 19.2. The van der Waals surface area contributed by atoms with Crippen LogP contribution in [0.1, 0.15) is 22.3 Å². The van der Waals surface area contributed by atoms with Crippen molar-refractivity contribution in [2.45, 2.75) is 19.0 Å². The van der Waals surface area contributed by atoms with Crippen LogP contribution in [0.4, 0.5) is 5.82 Å². The average Bonchev–Trinajstić information content (AvgIpc) is 3.05. The number of nitrogens with zero attached hydrogens (tertiary/aromatic N) is 2. The zero-order valence-corrected chi connectivity index (χ0v) is 16.2. The molecule has 7 nitrogen and oxygen atoms in total. The summed E-state index contributed by atoms with van der Waals surface area (Å²) in [5, 5.41) is 2.85. The number of methoxy groups -OCH3 is 1. The number of amides is 1. The molecule has 1 aliphatic rings. The Balaban J connectivity index is 1.58. The van der Waals surface area contributed by atoms with Crippen molar-refractivity contribution in [3.05, 3.63) is 53.7 Å². The second-order valence-corrected chi connectivity index (χ2v) is 8.83. The van der Waals surface area contributed by atoms with Crippen molar-refractivity contribution in [3.8, 4) is 5.75 Å². The fourth-order valence-corrected chi connectivity index (χ4v) is 4.80. The highest BCUT2D eigenvalue weighted by Gasteiger charge is 2.31. The van der Waals surface area contributed by atoms with Crippen molar-refractivity contribution in [1.82, 2.24) is 10.3 Å². The van der Waals surface area contributed by atoms with Crippen LogP contribution in [0.3, 0.4) is 0 Å². The van der Waals surface area contributed by atoms with Crippen molar-refractivity contribution in [3.63, 3.8) is 0 Å². The Hall–Kier alpha value is -2.61. The Morgan fingerprint density at radius 2 is 2.00 bits per heavy atom. The molecule has 3 rings (SSSR count). The number of carbonyl (C=O) groups is 1. The van der Waals surface area contributed by atoms with Gasteiger partial charge in [-0.25, -0.2) is 13.4 Å². The minimum absolute atomic E-state index is 0.0720. The van der Waals surface area contributed by atoms with E-state index >= 15 is 0 Å². The fourth-order valence-electron chi connectivity index (χ4n) is 3.02. The van der Waals surface area contributed by atoms with Gasteiger partial charge in [0.2, 0.25) is 0 Å². The van der Waals surface area contributed by atoms with E-state index < -0.39 is 9.84 Å². The monoisotopic (exact) mass is 389 g/mol. The third-order valence-corrected chi connectivity index (χ3v) is 6.49. The molecule has 0 aliphatic carbocycles. The summed E-state index contributed by atoms with van der Waals surface area (Å²) < 4.78 is 28.4. The molecule has 1 aromatic heterocycles. The normalized spacial score (nSPS) is 18.1. The second-order valence-electron chi connectivity index (χ2n) is 6.60. The molecular formula is C19H23N3O4S. The number of nitrogens with one attached hydrogen (secondary N) is 1. The molecule has 0 radical (unpaired) electrons. The first-order valence-electron chi connectivity index (χ1n) is 8.68. The summed E-state index contributed by atoms with van der Waals surface area (Å²) in [7, 11) is 0.489. The van der Waals surface area contributed by atoms with Gasteiger partial charge in [-0.15, -0.1) is 0 Å². The number of hydrogen-bond donors (Lipinski definition) is 1. The van der Waals surface area contributed by atoms with Gasteiger partial charge >= 0.3 is 0 Å². The highest BCUT2D eigenvalue weighted by molar-refractivity contribution is 7.91. The van der Waals surface area contributed by atoms with E-state index in [1.165, 1.54) is 6.20 Å². The van der Waals surface area contributed by atoms with E-state index in [1.807, 2.05) is 36.2 Å². The van der Waals surface area contributed by atoms with Crippen molar-refractivity contribution >= 4 is 21.6 Å². The maximum atomic E-state index is 12.3. The summed E-state index contributed by atoms with van der Waals surface area (Å²) in [4.78, 5) is 18.5. The molecule has 144 valence electrons. The van der Waals surface area contributed by atoms with Gasteiger partial charge < -0.3 is 15.0 Å². The molecule has 8 heteroatoms. The number of anilines is 1. The van der Waals surface area contributed by atoms with Crippen LogP contribution >= 0.6 is 0 Å². The number of sulfone groups is 1. The Bertz CT molecular complexity index is 896. The maximum Gasteiger partial charge on any atom is 0.253 e. The topological polar surface area (TPSA) is 88.6 Å². The lowest BCUT2D eigenvalue weighted by Crippen LogP contribution is -2.33. The number of benzene rings is 1. The highest BCUT2D eigenvalue weighted by Crippen LogP contribution is 2.21. The van der Waals surface area contributed by atoms with E-state index in [2.05, 4.69) is 10.3 Å². The molecule has 0 bridgehead atoms. The van der Waals surface area contributed by atoms with E-state index in [0.717, 1.165) is 11.3 Å². The fraction of sp³-hybridized carbons (Fsp3) is 0.368. The summed E-state index contributed by atoms with van der Waals surface area (Å²) in [6.45, 7) is 0.407. The van der Waals surface area contributed by atoms with Gasteiger partial charge in [0.05, 0.1) is 24.2 Å². The van der Waals surface area contributed by atoms with Gasteiger partial charge in [0.1, 0.15) is 11.6 Å². The predicted octanol–water partition coefficient (Wildman–Crippen LogP) is 1.64. The lowest BCUT2D eigenvalue weighted by atomic mass is 10.2. The van der Waals surface area contributed by atoms with Crippen molar-refractivity contribution < 1.29 is 17.9 Å². The third kappa shape index (κ3) is 4.77. The molecule has 0 spiro atoms. The highest BCUT2D eigenvalue weighted by atomic mass is 32.2. The van der Waals surface area contributed by atoms with Crippen molar-refractivity contribution in [1.29, 1.82) is 0 Å². The SMILES string of the molecule is COc1ccc(CNC(=O)c2ccc(N(C)C3CCS(=O)(=O)C3)nc2)cc1. The van der Waals surface area contributed by atoms with E-state index in [4.69, 9.17) is 4.74 Å². The zero-order chi connectivity index (χ0) is 19.4. The van der Waals surface area contributed by atoms with E-state index in [-0.39, 0.29) is 23.5 Å². The molecule has 27 heavy (non-hydrogen) atoms. The van der Waals surface area contributed by atoms with Crippen LogP contribution in [0.2, 0.25) is 0 Å². The molecule has 2 aromatic rings. The lowest BCUT2D eigenvalue weighted by Gasteiger charge is -2.24. The van der Waals surface area contributed by atoms with E-state index in [9.17, 15) is 13.2 Å². The van der Waals surface area contributed by atoms with E-state index in [1.54, 1.807) is 19.2 Å². The van der Waals surface area contributed by atoms with Gasteiger partial charge in [0.15, 0.2) is 9.84 Å². The maximum absolute atomic E-state index is 12.3. The smallest absolute Gasteiger partial charge is 0.253 e. The lowest BCUT2D eigenvalue weighted by molar-refractivity contribution is 0.0950.